The molecule has 1 saturated carbocycles. The van der Waals surface area contributed by atoms with Crippen molar-refractivity contribution in [1.82, 2.24) is 0 Å². The minimum atomic E-state index is -0.588. The SMILES string of the molecule is CCCCCCCC1CCC(CCCOc2ccc(C3(C(CC)CCCC)OCCCO3)cc2)CC1. The molecule has 1 aliphatic heterocycles. The molecule has 3 rings (SSSR count). The van der Waals surface area contributed by atoms with Crippen molar-refractivity contribution in [2.75, 3.05) is 19.8 Å². The molecule has 0 aromatic heterocycles. The van der Waals surface area contributed by atoms with E-state index in [-0.39, 0.29) is 0 Å². The molecule has 2 aliphatic rings. The molecule has 1 aromatic carbocycles. The summed E-state index contributed by atoms with van der Waals surface area (Å²) < 4.78 is 18.9. The van der Waals surface area contributed by atoms with Crippen molar-refractivity contribution in [3.8, 4) is 5.75 Å². The molecule has 0 amide bonds. The van der Waals surface area contributed by atoms with Crippen LogP contribution in [0.2, 0.25) is 0 Å². The summed E-state index contributed by atoms with van der Waals surface area (Å²) >= 11 is 0. The molecule has 206 valence electrons. The highest BCUT2D eigenvalue weighted by molar-refractivity contribution is 5.30. The van der Waals surface area contributed by atoms with Gasteiger partial charge in [0.2, 0.25) is 0 Å². The molecular weight excluding hydrogens is 444 g/mol. The predicted molar refractivity (Wildman–Crippen MR) is 151 cm³/mol. The van der Waals surface area contributed by atoms with Crippen LogP contribution >= 0.6 is 0 Å². The lowest BCUT2D eigenvalue weighted by atomic mass is 9.78. The van der Waals surface area contributed by atoms with Crippen molar-refractivity contribution in [3.05, 3.63) is 29.8 Å². The molecule has 1 heterocycles. The van der Waals surface area contributed by atoms with Gasteiger partial charge < -0.3 is 14.2 Å². The van der Waals surface area contributed by atoms with E-state index in [0.29, 0.717) is 5.92 Å². The Bertz CT molecular complexity index is 671. The minimum Gasteiger partial charge on any atom is -0.494 e. The fourth-order valence-corrected chi connectivity index (χ4v) is 6.49. The maximum atomic E-state index is 6.39. The van der Waals surface area contributed by atoms with Crippen molar-refractivity contribution < 1.29 is 14.2 Å². The van der Waals surface area contributed by atoms with Gasteiger partial charge >= 0.3 is 0 Å². The average molecular weight is 501 g/mol. The second-order valence-electron chi connectivity index (χ2n) is 11.6. The fraction of sp³-hybridized carbons (Fsp3) is 0.818. The molecule has 2 fully saturated rings. The van der Waals surface area contributed by atoms with Gasteiger partial charge in [0.05, 0.1) is 19.8 Å². The number of hydrogen-bond donors (Lipinski definition) is 0. The normalized spacial score (nSPS) is 22.9. The summed E-state index contributed by atoms with van der Waals surface area (Å²) in [5, 5.41) is 0. The van der Waals surface area contributed by atoms with Crippen molar-refractivity contribution in [2.45, 2.75) is 136 Å². The Morgan fingerprint density at radius 3 is 2.00 bits per heavy atom. The van der Waals surface area contributed by atoms with Crippen LogP contribution in [0.25, 0.3) is 0 Å². The Labute approximate surface area is 223 Å². The van der Waals surface area contributed by atoms with E-state index >= 15 is 0 Å². The second kappa shape index (κ2) is 16.7. The Hall–Kier alpha value is -1.06. The van der Waals surface area contributed by atoms with Crippen molar-refractivity contribution >= 4 is 0 Å². The highest BCUT2D eigenvalue weighted by Crippen LogP contribution is 2.42. The van der Waals surface area contributed by atoms with Crippen molar-refractivity contribution in [1.29, 1.82) is 0 Å². The van der Waals surface area contributed by atoms with E-state index in [2.05, 4.69) is 45.0 Å². The van der Waals surface area contributed by atoms with Gasteiger partial charge in [0.1, 0.15) is 5.75 Å². The maximum Gasteiger partial charge on any atom is 0.197 e. The molecular formula is C33H56O3. The van der Waals surface area contributed by atoms with E-state index in [1.165, 1.54) is 89.9 Å². The summed E-state index contributed by atoms with van der Waals surface area (Å²) in [6.45, 7) is 9.21. The Kier molecular flexibility index (Phi) is 13.7. The third-order valence-electron chi connectivity index (χ3n) is 8.82. The lowest BCUT2D eigenvalue weighted by Gasteiger charge is -2.43. The van der Waals surface area contributed by atoms with Crippen LogP contribution < -0.4 is 4.74 Å². The summed E-state index contributed by atoms with van der Waals surface area (Å²) in [5.74, 6) is 2.70. The smallest absolute Gasteiger partial charge is 0.197 e. The van der Waals surface area contributed by atoms with Gasteiger partial charge in [-0.15, -0.1) is 0 Å². The first kappa shape index (κ1) is 29.5. The maximum absolute atomic E-state index is 6.39. The number of rotatable bonds is 17. The number of benzene rings is 1. The summed E-state index contributed by atoms with van der Waals surface area (Å²) in [7, 11) is 0. The van der Waals surface area contributed by atoms with E-state index in [0.717, 1.165) is 62.2 Å². The van der Waals surface area contributed by atoms with Gasteiger partial charge in [-0.1, -0.05) is 97.8 Å². The molecule has 3 heteroatoms. The highest BCUT2D eigenvalue weighted by atomic mass is 16.7. The zero-order chi connectivity index (χ0) is 25.5. The van der Waals surface area contributed by atoms with E-state index in [9.17, 15) is 0 Å². The van der Waals surface area contributed by atoms with Gasteiger partial charge in [-0.05, 0) is 68.2 Å². The van der Waals surface area contributed by atoms with Crippen LogP contribution in [0.4, 0.5) is 0 Å². The van der Waals surface area contributed by atoms with Gasteiger partial charge in [0.25, 0.3) is 0 Å². The lowest BCUT2D eigenvalue weighted by Crippen LogP contribution is -2.44. The van der Waals surface area contributed by atoms with Gasteiger partial charge in [-0.2, -0.15) is 0 Å². The third-order valence-corrected chi connectivity index (χ3v) is 8.82. The molecule has 0 bridgehead atoms. The molecule has 1 saturated heterocycles. The Morgan fingerprint density at radius 2 is 1.39 bits per heavy atom. The fourth-order valence-electron chi connectivity index (χ4n) is 6.49. The second-order valence-corrected chi connectivity index (χ2v) is 11.6. The number of unbranched alkanes of at least 4 members (excludes halogenated alkanes) is 5. The molecule has 1 aromatic rings. The van der Waals surface area contributed by atoms with E-state index < -0.39 is 5.79 Å². The minimum absolute atomic E-state index is 0.390. The van der Waals surface area contributed by atoms with Gasteiger partial charge in [-0.3, -0.25) is 0 Å². The predicted octanol–water partition coefficient (Wildman–Crippen LogP) is 9.82. The largest absolute Gasteiger partial charge is 0.494 e. The number of ether oxygens (including phenoxy) is 3. The van der Waals surface area contributed by atoms with Crippen molar-refractivity contribution in [3.63, 3.8) is 0 Å². The van der Waals surface area contributed by atoms with Gasteiger partial charge in [0.15, 0.2) is 5.79 Å². The first-order valence-electron chi connectivity index (χ1n) is 15.7. The van der Waals surface area contributed by atoms with Crippen LogP contribution in [0.15, 0.2) is 24.3 Å². The Morgan fingerprint density at radius 1 is 0.778 bits per heavy atom. The standard InChI is InChI=1S/C33H56O3/c1-4-7-9-10-11-14-28-17-19-29(20-18-28)15-12-25-34-32-23-21-31(22-24-32)33(35-26-13-27-36-33)30(6-3)16-8-5-2/h21-24,28-30H,4-20,25-27H2,1-3H3. The highest BCUT2D eigenvalue weighted by Gasteiger charge is 2.43. The van der Waals surface area contributed by atoms with Gasteiger partial charge in [0, 0.05) is 11.5 Å². The number of hydrogen-bond acceptors (Lipinski definition) is 3. The monoisotopic (exact) mass is 500 g/mol. The lowest BCUT2D eigenvalue weighted by molar-refractivity contribution is -0.306. The zero-order valence-electron chi connectivity index (χ0n) is 23.9. The average Bonchev–Trinajstić information content (AvgIpc) is 2.93. The first-order valence-corrected chi connectivity index (χ1v) is 15.7. The van der Waals surface area contributed by atoms with Crippen LogP contribution in [0.5, 0.6) is 5.75 Å². The molecule has 1 unspecified atom stereocenters. The summed E-state index contributed by atoms with van der Waals surface area (Å²) in [6, 6.07) is 8.60. The molecule has 1 atom stereocenters. The molecule has 36 heavy (non-hydrogen) atoms. The van der Waals surface area contributed by atoms with Crippen LogP contribution in [0, 0.1) is 17.8 Å². The summed E-state index contributed by atoms with van der Waals surface area (Å²) in [6.07, 6.45) is 22.5. The Balaban J connectivity index is 1.38. The molecule has 3 nitrogen and oxygen atoms in total. The van der Waals surface area contributed by atoms with Gasteiger partial charge in [-0.25, -0.2) is 0 Å². The molecule has 1 aliphatic carbocycles. The molecule has 0 radical (unpaired) electrons. The zero-order valence-corrected chi connectivity index (χ0v) is 23.9. The quantitative estimate of drug-likeness (QED) is 0.199. The van der Waals surface area contributed by atoms with Crippen LogP contribution in [-0.4, -0.2) is 19.8 Å². The molecule has 0 spiro atoms. The van der Waals surface area contributed by atoms with E-state index in [1.807, 2.05) is 0 Å². The summed E-state index contributed by atoms with van der Waals surface area (Å²) in [4.78, 5) is 0. The summed E-state index contributed by atoms with van der Waals surface area (Å²) in [5.41, 5.74) is 1.15. The third kappa shape index (κ3) is 9.05. The molecule has 0 N–H and O–H groups in total. The van der Waals surface area contributed by atoms with Crippen LogP contribution in [0.1, 0.15) is 135 Å². The van der Waals surface area contributed by atoms with E-state index in [1.54, 1.807) is 0 Å². The van der Waals surface area contributed by atoms with E-state index in [4.69, 9.17) is 14.2 Å². The topological polar surface area (TPSA) is 27.7 Å². The van der Waals surface area contributed by atoms with Crippen LogP contribution in [0.3, 0.4) is 0 Å². The van der Waals surface area contributed by atoms with Crippen molar-refractivity contribution in [2.24, 2.45) is 17.8 Å². The van der Waals surface area contributed by atoms with Crippen LogP contribution in [-0.2, 0) is 15.3 Å². The first-order chi connectivity index (χ1) is 17.7.